The number of nitrogens with one attached hydrogen (secondary N) is 1. The van der Waals surface area contributed by atoms with Crippen LogP contribution in [0.25, 0.3) is 0 Å². The van der Waals surface area contributed by atoms with Gasteiger partial charge in [-0.05, 0) is 0 Å². The van der Waals surface area contributed by atoms with Crippen molar-refractivity contribution in [1.29, 1.82) is 0 Å². The van der Waals surface area contributed by atoms with Gasteiger partial charge in [0.15, 0.2) is 10.7 Å². The maximum atomic E-state index is 12.5. The van der Waals surface area contributed by atoms with Crippen molar-refractivity contribution in [2.24, 2.45) is 0 Å². The molecule has 1 N–H and O–H groups in total. The summed E-state index contributed by atoms with van der Waals surface area (Å²) in [5.74, 6) is -2.24. The Hall–Kier alpha value is -1.45. The summed E-state index contributed by atoms with van der Waals surface area (Å²) >= 11 is 5.17. The van der Waals surface area contributed by atoms with Crippen LogP contribution in [0.4, 0.5) is 32.3 Å². The molecule has 4 nitrogen and oxygen atoms in total. The van der Waals surface area contributed by atoms with Crippen LogP contribution in [0, 0.1) is 0 Å². The molecule has 0 radical (unpaired) electrons. The van der Waals surface area contributed by atoms with Crippen molar-refractivity contribution in [2.75, 3.05) is 12.4 Å². The third-order valence-electron chi connectivity index (χ3n) is 1.55. The Labute approximate surface area is 101 Å². The van der Waals surface area contributed by atoms with Crippen LogP contribution in [0.5, 0.6) is 5.88 Å². The molecule has 1 aromatic heterocycles. The maximum absolute atomic E-state index is 12.5. The third-order valence-corrected chi connectivity index (χ3v) is 1.82. The first-order valence-electron chi connectivity index (χ1n) is 4.13. The molecule has 1 rings (SSSR count). The molecule has 11 heteroatoms. The molecule has 0 unspecified atom stereocenters. The van der Waals surface area contributed by atoms with Gasteiger partial charge in [0, 0.05) is 7.05 Å². The number of nitrogens with zero attached hydrogens (tertiary/aromatic N) is 2. The predicted octanol–water partition coefficient (Wildman–Crippen LogP) is 3.09. The Morgan fingerprint density at radius 1 is 1.11 bits per heavy atom. The highest BCUT2D eigenvalue weighted by atomic mass is 35.5. The Bertz CT molecular complexity index is 446. The number of hydrogen-bond acceptors (Lipinski definition) is 4. The van der Waals surface area contributed by atoms with Gasteiger partial charge in [-0.25, -0.2) is 4.98 Å². The molecule has 0 saturated heterocycles. The van der Waals surface area contributed by atoms with Gasteiger partial charge in [0.2, 0.25) is 11.8 Å². The van der Waals surface area contributed by atoms with E-state index in [-0.39, 0.29) is 0 Å². The van der Waals surface area contributed by atoms with Crippen LogP contribution >= 0.6 is 11.6 Å². The highest BCUT2D eigenvalue weighted by molar-refractivity contribution is 6.30. The zero-order valence-corrected chi connectivity index (χ0v) is 9.20. The second kappa shape index (κ2) is 4.67. The van der Waals surface area contributed by atoms with Crippen LogP contribution in [0.3, 0.4) is 0 Å². The van der Waals surface area contributed by atoms with Gasteiger partial charge in [-0.15, -0.1) is 13.2 Å². The van der Waals surface area contributed by atoms with Gasteiger partial charge in [0.25, 0.3) is 0 Å². The average Bonchev–Trinajstić information content (AvgIpc) is 2.11. The van der Waals surface area contributed by atoms with Crippen molar-refractivity contribution in [2.45, 2.75) is 12.5 Å². The summed E-state index contributed by atoms with van der Waals surface area (Å²) < 4.78 is 76.5. The Morgan fingerprint density at radius 2 is 1.67 bits per heavy atom. The minimum Gasteiger partial charge on any atom is -0.387 e. The largest absolute Gasteiger partial charge is 0.574 e. The van der Waals surface area contributed by atoms with Gasteiger partial charge in [-0.3, -0.25) is 0 Å². The van der Waals surface area contributed by atoms with Gasteiger partial charge in [0.05, 0.1) is 0 Å². The summed E-state index contributed by atoms with van der Waals surface area (Å²) in [7, 11) is 1.19. The number of rotatable bonds is 2. The monoisotopic (exact) mass is 295 g/mol. The normalized spacial score (nSPS) is 12.4. The third kappa shape index (κ3) is 3.52. The molecule has 0 aliphatic rings. The van der Waals surface area contributed by atoms with Gasteiger partial charge in [-0.2, -0.15) is 18.2 Å². The maximum Gasteiger partial charge on any atom is 0.574 e. The van der Waals surface area contributed by atoms with Crippen molar-refractivity contribution >= 4 is 17.5 Å². The molecule has 18 heavy (non-hydrogen) atoms. The second-order valence-corrected chi connectivity index (χ2v) is 3.17. The van der Waals surface area contributed by atoms with E-state index in [4.69, 9.17) is 11.6 Å². The molecule has 0 aromatic carbocycles. The lowest BCUT2D eigenvalue weighted by molar-refractivity contribution is -0.277. The smallest absolute Gasteiger partial charge is 0.387 e. The van der Waals surface area contributed by atoms with Crippen molar-refractivity contribution in [3.8, 4) is 5.88 Å². The van der Waals surface area contributed by atoms with Crippen LogP contribution in [0.2, 0.25) is 5.15 Å². The van der Waals surface area contributed by atoms with Crippen molar-refractivity contribution in [3.63, 3.8) is 0 Å². The minimum absolute atomic E-state index is 0.535. The molecule has 0 fully saturated rings. The number of anilines is 1. The fourth-order valence-corrected chi connectivity index (χ4v) is 1.22. The van der Waals surface area contributed by atoms with Crippen LogP contribution in [-0.2, 0) is 6.18 Å². The number of aromatic nitrogens is 2. The fourth-order valence-electron chi connectivity index (χ4n) is 0.948. The van der Waals surface area contributed by atoms with Crippen molar-refractivity contribution < 1.29 is 31.1 Å². The molecule has 1 aromatic rings. The summed E-state index contributed by atoms with van der Waals surface area (Å²) in [4.78, 5) is 6.06. The van der Waals surface area contributed by atoms with Crippen molar-refractivity contribution in [3.05, 3.63) is 10.7 Å². The fraction of sp³-hybridized carbons (Fsp3) is 0.429. The highest BCUT2D eigenvalue weighted by Gasteiger charge is 2.43. The second-order valence-electron chi connectivity index (χ2n) is 2.81. The number of ether oxygens (including phenoxy) is 1. The highest BCUT2D eigenvalue weighted by Crippen LogP contribution is 2.41. The first kappa shape index (κ1) is 14.6. The van der Waals surface area contributed by atoms with E-state index in [1.54, 1.807) is 0 Å². The first-order chi connectivity index (χ1) is 8.04. The van der Waals surface area contributed by atoms with E-state index in [9.17, 15) is 26.3 Å². The molecular weight excluding hydrogens is 292 g/mol. The Balaban J connectivity index is 3.39. The lowest BCUT2D eigenvalue weighted by atomic mass is 10.3. The molecule has 0 aliphatic carbocycles. The molecule has 0 saturated carbocycles. The van der Waals surface area contributed by atoms with Gasteiger partial charge in [0.1, 0.15) is 0 Å². The Morgan fingerprint density at radius 3 is 2.06 bits per heavy atom. The van der Waals surface area contributed by atoms with E-state index in [0.717, 1.165) is 0 Å². The van der Waals surface area contributed by atoms with Crippen molar-refractivity contribution in [1.82, 2.24) is 9.97 Å². The van der Waals surface area contributed by atoms with E-state index >= 15 is 0 Å². The molecule has 0 bridgehead atoms. The SMILES string of the molecule is CNc1nc(Cl)c(C(F)(F)F)c(OC(F)(F)F)n1. The molecule has 0 amide bonds. The lowest BCUT2D eigenvalue weighted by Gasteiger charge is -2.15. The average molecular weight is 296 g/mol. The summed E-state index contributed by atoms with van der Waals surface area (Å²) in [6, 6.07) is 0. The van der Waals surface area contributed by atoms with E-state index in [1.165, 1.54) is 7.05 Å². The van der Waals surface area contributed by atoms with E-state index in [2.05, 4.69) is 20.0 Å². The summed E-state index contributed by atoms with van der Waals surface area (Å²) in [6.07, 6.45) is -10.5. The number of alkyl halides is 6. The Kier molecular flexibility index (Phi) is 3.79. The zero-order valence-electron chi connectivity index (χ0n) is 8.45. The van der Waals surface area contributed by atoms with Crippen LogP contribution < -0.4 is 10.1 Å². The van der Waals surface area contributed by atoms with Crippen LogP contribution in [-0.4, -0.2) is 23.4 Å². The molecule has 102 valence electrons. The minimum atomic E-state index is -5.33. The molecule has 0 aliphatic heterocycles. The molecule has 0 atom stereocenters. The quantitative estimate of drug-likeness (QED) is 0.673. The lowest BCUT2D eigenvalue weighted by Crippen LogP contribution is -2.22. The topological polar surface area (TPSA) is 47.0 Å². The number of hydrogen-bond donors (Lipinski definition) is 1. The summed E-state index contributed by atoms with van der Waals surface area (Å²) in [5, 5.41) is 0.958. The van der Waals surface area contributed by atoms with Crippen LogP contribution in [0.1, 0.15) is 5.56 Å². The number of halogens is 7. The molecule has 1 heterocycles. The van der Waals surface area contributed by atoms with Gasteiger partial charge < -0.3 is 10.1 Å². The summed E-state index contributed by atoms with van der Waals surface area (Å²) in [5.41, 5.74) is -1.89. The molecular formula is C7H4ClF6N3O. The predicted molar refractivity (Wildman–Crippen MR) is 48.3 cm³/mol. The van der Waals surface area contributed by atoms with E-state index < -0.39 is 35.1 Å². The van der Waals surface area contributed by atoms with Gasteiger partial charge in [-0.1, -0.05) is 11.6 Å². The summed E-state index contributed by atoms with van der Waals surface area (Å²) in [6.45, 7) is 0. The first-order valence-corrected chi connectivity index (χ1v) is 4.50. The van der Waals surface area contributed by atoms with Crippen LogP contribution in [0.15, 0.2) is 0 Å². The van der Waals surface area contributed by atoms with E-state index in [1.807, 2.05) is 0 Å². The standard InChI is InChI=1S/C7H4ClF6N3O/c1-15-5-16-3(8)2(6(9,10)11)4(17-5)18-7(12,13)14/h1H3,(H,15,16,17). The van der Waals surface area contributed by atoms with Gasteiger partial charge >= 0.3 is 12.5 Å². The van der Waals surface area contributed by atoms with E-state index in [0.29, 0.717) is 0 Å². The molecule has 0 spiro atoms. The zero-order chi connectivity index (χ0) is 14.1.